The first-order valence-electron chi connectivity index (χ1n) is 8.20. The highest BCUT2D eigenvalue weighted by Crippen LogP contribution is 2.32. The van der Waals surface area contributed by atoms with Gasteiger partial charge in [0.25, 0.3) is 5.91 Å². The minimum absolute atomic E-state index is 0.0756. The molecule has 0 bridgehead atoms. The zero-order chi connectivity index (χ0) is 18.7. The normalized spacial score (nSPS) is 19.5. The molecule has 0 saturated carbocycles. The summed E-state index contributed by atoms with van der Waals surface area (Å²) in [4.78, 5) is 25.8. The van der Waals surface area contributed by atoms with E-state index in [4.69, 9.17) is 9.47 Å². The predicted octanol–water partition coefficient (Wildman–Crippen LogP) is 1.65. The van der Waals surface area contributed by atoms with Gasteiger partial charge < -0.3 is 19.5 Å². The van der Waals surface area contributed by atoms with Gasteiger partial charge in [-0.05, 0) is 36.8 Å². The zero-order valence-electron chi connectivity index (χ0n) is 14.7. The molecule has 8 nitrogen and oxygen atoms in total. The molecule has 26 heavy (non-hydrogen) atoms. The summed E-state index contributed by atoms with van der Waals surface area (Å²) in [5, 5.41) is 16.4. The highest BCUT2D eigenvalue weighted by molar-refractivity contribution is 5.94. The summed E-state index contributed by atoms with van der Waals surface area (Å²) < 4.78 is 10.2. The van der Waals surface area contributed by atoms with Gasteiger partial charge in [0.2, 0.25) is 0 Å². The molecule has 0 radical (unpaired) electrons. The molecule has 1 saturated heterocycles. The average molecular weight is 359 g/mol. The first kappa shape index (κ1) is 17.9. The van der Waals surface area contributed by atoms with Gasteiger partial charge >= 0.3 is 5.97 Å². The van der Waals surface area contributed by atoms with E-state index in [2.05, 4.69) is 10.2 Å². The Morgan fingerprint density at radius 3 is 2.65 bits per heavy atom. The summed E-state index contributed by atoms with van der Waals surface area (Å²) in [5.41, 5.74) is 0.760. The maximum absolute atomic E-state index is 12.7. The predicted molar refractivity (Wildman–Crippen MR) is 93.0 cm³/mol. The number of carbonyl (C=O) groups is 2. The Labute approximate surface area is 150 Å². The van der Waals surface area contributed by atoms with Gasteiger partial charge in [-0.2, -0.15) is 5.10 Å². The minimum atomic E-state index is -1.05. The number of benzene rings is 1. The quantitative estimate of drug-likeness (QED) is 0.813. The maximum Gasteiger partial charge on any atom is 0.313 e. The lowest BCUT2D eigenvalue weighted by Crippen LogP contribution is -2.40. The van der Waals surface area contributed by atoms with E-state index in [1.165, 1.54) is 12.0 Å². The van der Waals surface area contributed by atoms with E-state index in [9.17, 15) is 14.7 Å². The summed E-state index contributed by atoms with van der Waals surface area (Å²) in [5.74, 6) is -0.476. The van der Waals surface area contributed by atoms with Crippen molar-refractivity contribution in [3.63, 3.8) is 0 Å². The number of aromatic nitrogens is 2. The Hall–Kier alpha value is -2.87. The van der Waals surface area contributed by atoms with E-state index in [1.807, 2.05) is 24.3 Å². The molecule has 1 aromatic carbocycles. The lowest BCUT2D eigenvalue weighted by Gasteiger charge is -2.23. The number of nitrogens with one attached hydrogen (secondary N) is 1. The number of rotatable bonds is 6. The Balaban J connectivity index is 1.75. The lowest BCUT2D eigenvalue weighted by atomic mass is 9.88. The van der Waals surface area contributed by atoms with Crippen molar-refractivity contribution in [1.82, 2.24) is 15.1 Å². The number of ether oxygens (including phenoxy) is 2. The minimum Gasteiger partial charge on any atom is -0.497 e. The summed E-state index contributed by atoms with van der Waals surface area (Å²) in [6.45, 7) is 0.559. The van der Waals surface area contributed by atoms with Gasteiger partial charge in [0.15, 0.2) is 0 Å². The molecule has 0 aliphatic carbocycles. The number of amides is 1. The van der Waals surface area contributed by atoms with Crippen LogP contribution in [-0.4, -0.2) is 66.0 Å². The molecule has 0 spiro atoms. The van der Waals surface area contributed by atoms with Gasteiger partial charge in [-0.3, -0.25) is 14.7 Å². The highest BCUT2D eigenvalue weighted by atomic mass is 16.5. The molecule has 1 aliphatic rings. The average Bonchev–Trinajstić information content (AvgIpc) is 3.30. The molecule has 1 aromatic heterocycles. The first-order chi connectivity index (χ1) is 12.5. The molecule has 8 heteroatoms. The molecule has 3 rings (SSSR count). The number of aromatic amines is 1. The van der Waals surface area contributed by atoms with Crippen LogP contribution < -0.4 is 4.74 Å². The Morgan fingerprint density at radius 1 is 1.31 bits per heavy atom. The molecule has 2 aromatic rings. The van der Waals surface area contributed by atoms with Crippen molar-refractivity contribution in [3.05, 3.63) is 36.0 Å². The van der Waals surface area contributed by atoms with E-state index in [0.29, 0.717) is 24.4 Å². The third kappa shape index (κ3) is 3.28. The molecule has 1 atom stereocenters. The van der Waals surface area contributed by atoms with Crippen LogP contribution >= 0.6 is 0 Å². The topological polar surface area (TPSA) is 105 Å². The van der Waals surface area contributed by atoms with E-state index in [1.54, 1.807) is 13.2 Å². The van der Waals surface area contributed by atoms with Crippen molar-refractivity contribution in [1.29, 1.82) is 0 Å². The summed E-state index contributed by atoms with van der Waals surface area (Å²) in [6.07, 6.45) is 0.362. The number of carboxylic acid groups (broad SMARTS) is 1. The molecule has 1 amide bonds. The standard InChI is InChI=1S/C18H21N3O5/c1-25-11-18(17(23)24)7-8-21(10-18)16(22)15-9-14(19-20-15)12-3-5-13(26-2)6-4-12/h3-6,9H,7-8,10-11H2,1-2H3,(H,19,20)(H,23,24). The number of H-pyrrole nitrogens is 1. The largest absolute Gasteiger partial charge is 0.497 e. The maximum atomic E-state index is 12.7. The summed E-state index contributed by atoms with van der Waals surface area (Å²) in [6, 6.07) is 9.01. The number of methoxy groups -OCH3 is 2. The highest BCUT2D eigenvalue weighted by Gasteiger charge is 2.46. The van der Waals surface area contributed by atoms with Gasteiger partial charge in [0, 0.05) is 25.8 Å². The summed E-state index contributed by atoms with van der Waals surface area (Å²) >= 11 is 0. The fraction of sp³-hybridized carbons (Fsp3) is 0.389. The van der Waals surface area contributed by atoms with Crippen LogP contribution in [0.25, 0.3) is 11.3 Å². The second-order valence-corrected chi connectivity index (χ2v) is 6.39. The van der Waals surface area contributed by atoms with Crippen LogP contribution in [0.4, 0.5) is 0 Å². The molecule has 138 valence electrons. The van der Waals surface area contributed by atoms with Gasteiger partial charge in [0.05, 0.1) is 19.4 Å². The second-order valence-electron chi connectivity index (χ2n) is 6.39. The van der Waals surface area contributed by atoms with Crippen LogP contribution in [-0.2, 0) is 9.53 Å². The Bertz CT molecular complexity index is 801. The molecular weight excluding hydrogens is 338 g/mol. The SMILES string of the molecule is COCC1(C(=O)O)CCN(C(=O)c2cc(-c3ccc(OC)cc3)n[nH]2)C1. The third-order valence-corrected chi connectivity index (χ3v) is 4.71. The lowest BCUT2D eigenvalue weighted by molar-refractivity contribution is -0.151. The van der Waals surface area contributed by atoms with Crippen LogP contribution in [0, 0.1) is 5.41 Å². The van der Waals surface area contributed by atoms with Crippen LogP contribution in [0.15, 0.2) is 30.3 Å². The van der Waals surface area contributed by atoms with Gasteiger partial charge in [-0.1, -0.05) is 0 Å². The molecule has 2 N–H and O–H groups in total. The number of carbonyl (C=O) groups excluding carboxylic acids is 1. The number of aliphatic carboxylic acids is 1. The zero-order valence-corrected chi connectivity index (χ0v) is 14.7. The van der Waals surface area contributed by atoms with Crippen molar-refractivity contribution in [2.24, 2.45) is 5.41 Å². The fourth-order valence-corrected chi connectivity index (χ4v) is 3.19. The molecule has 2 heterocycles. The van der Waals surface area contributed by atoms with Gasteiger partial charge in [0.1, 0.15) is 16.9 Å². The van der Waals surface area contributed by atoms with E-state index >= 15 is 0 Å². The monoisotopic (exact) mass is 359 g/mol. The van der Waals surface area contributed by atoms with Crippen molar-refractivity contribution in [2.45, 2.75) is 6.42 Å². The Morgan fingerprint density at radius 2 is 2.04 bits per heavy atom. The molecular formula is C18H21N3O5. The van der Waals surface area contributed by atoms with Crippen molar-refractivity contribution in [3.8, 4) is 17.0 Å². The van der Waals surface area contributed by atoms with Crippen LogP contribution in [0.3, 0.4) is 0 Å². The van der Waals surface area contributed by atoms with Crippen LogP contribution in [0.1, 0.15) is 16.9 Å². The van der Waals surface area contributed by atoms with E-state index < -0.39 is 11.4 Å². The number of hydrogen-bond acceptors (Lipinski definition) is 5. The van der Waals surface area contributed by atoms with Crippen molar-refractivity contribution >= 4 is 11.9 Å². The van der Waals surface area contributed by atoms with Gasteiger partial charge in [-0.15, -0.1) is 0 Å². The third-order valence-electron chi connectivity index (χ3n) is 4.71. The number of hydrogen-bond donors (Lipinski definition) is 2. The fourth-order valence-electron chi connectivity index (χ4n) is 3.19. The number of carboxylic acids is 1. The first-order valence-corrected chi connectivity index (χ1v) is 8.20. The Kier molecular flexibility index (Phi) is 4.94. The number of likely N-dealkylation sites (tertiary alicyclic amines) is 1. The van der Waals surface area contributed by atoms with Crippen LogP contribution in [0.5, 0.6) is 5.75 Å². The van der Waals surface area contributed by atoms with Crippen molar-refractivity contribution in [2.75, 3.05) is 33.9 Å². The molecule has 1 fully saturated rings. The number of nitrogens with zero attached hydrogens (tertiary/aromatic N) is 2. The second kappa shape index (κ2) is 7.17. The summed E-state index contributed by atoms with van der Waals surface area (Å²) in [7, 11) is 3.06. The van der Waals surface area contributed by atoms with E-state index in [-0.39, 0.29) is 19.1 Å². The molecule has 1 unspecified atom stereocenters. The smallest absolute Gasteiger partial charge is 0.313 e. The molecule has 1 aliphatic heterocycles. The van der Waals surface area contributed by atoms with Crippen LogP contribution in [0.2, 0.25) is 0 Å². The van der Waals surface area contributed by atoms with Crippen molar-refractivity contribution < 1.29 is 24.2 Å². The van der Waals surface area contributed by atoms with Gasteiger partial charge in [-0.25, -0.2) is 0 Å². The van der Waals surface area contributed by atoms with E-state index in [0.717, 1.165) is 11.3 Å².